The second-order valence-corrected chi connectivity index (χ2v) is 5.18. The van der Waals surface area contributed by atoms with Gasteiger partial charge in [-0.3, -0.25) is 9.59 Å². The number of piperidine rings is 1. The molecule has 0 spiro atoms. The number of hydrogen-bond donors (Lipinski definition) is 2. The molecule has 0 aromatic heterocycles. The highest BCUT2D eigenvalue weighted by Gasteiger charge is 2.33. The minimum absolute atomic E-state index is 0.137. The molecule has 1 fully saturated rings. The van der Waals surface area contributed by atoms with Crippen molar-refractivity contribution in [2.75, 3.05) is 6.54 Å². The third-order valence-electron chi connectivity index (χ3n) is 3.16. The summed E-state index contributed by atoms with van der Waals surface area (Å²) < 4.78 is 0. The van der Waals surface area contributed by atoms with Crippen molar-refractivity contribution in [3.05, 3.63) is 0 Å². The Kier molecular flexibility index (Phi) is 4.93. The summed E-state index contributed by atoms with van der Waals surface area (Å²) in [7, 11) is 0. The summed E-state index contributed by atoms with van der Waals surface area (Å²) in [6.07, 6.45) is 3.16. The summed E-state index contributed by atoms with van der Waals surface area (Å²) in [4.78, 5) is 25.0. The van der Waals surface area contributed by atoms with Crippen LogP contribution in [0.2, 0.25) is 0 Å². The molecule has 5 nitrogen and oxygen atoms in total. The van der Waals surface area contributed by atoms with Gasteiger partial charge in [0.15, 0.2) is 0 Å². The molecule has 0 radical (unpaired) electrons. The molecule has 2 atom stereocenters. The molecule has 1 aliphatic rings. The number of primary amides is 1. The van der Waals surface area contributed by atoms with Gasteiger partial charge in [-0.1, -0.05) is 13.8 Å². The van der Waals surface area contributed by atoms with Crippen LogP contribution in [0.4, 0.5) is 0 Å². The molecular weight excluding hydrogens is 218 g/mol. The van der Waals surface area contributed by atoms with Crippen molar-refractivity contribution >= 4 is 11.8 Å². The van der Waals surface area contributed by atoms with E-state index in [1.54, 1.807) is 4.90 Å². The van der Waals surface area contributed by atoms with E-state index >= 15 is 0 Å². The lowest BCUT2D eigenvalue weighted by atomic mass is 9.98. The molecule has 0 bridgehead atoms. The molecule has 2 amide bonds. The molecule has 1 rings (SSSR count). The van der Waals surface area contributed by atoms with Crippen LogP contribution in [0.5, 0.6) is 0 Å². The van der Waals surface area contributed by atoms with Gasteiger partial charge < -0.3 is 16.4 Å². The molecule has 5 heteroatoms. The van der Waals surface area contributed by atoms with E-state index < -0.39 is 18.0 Å². The van der Waals surface area contributed by atoms with Gasteiger partial charge in [-0.2, -0.15) is 0 Å². The first-order valence-electron chi connectivity index (χ1n) is 6.29. The molecule has 17 heavy (non-hydrogen) atoms. The highest BCUT2D eigenvalue weighted by molar-refractivity contribution is 5.89. The zero-order valence-corrected chi connectivity index (χ0v) is 10.7. The van der Waals surface area contributed by atoms with Crippen LogP contribution in [0, 0.1) is 5.92 Å². The van der Waals surface area contributed by atoms with E-state index in [9.17, 15) is 9.59 Å². The Morgan fingerprint density at radius 2 is 2.00 bits per heavy atom. The van der Waals surface area contributed by atoms with Crippen LogP contribution in [-0.4, -0.2) is 35.3 Å². The molecule has 4 N–H and O–H groups in total. The van der Waals surface area contributed by atoms with Crippen LogP contribution in [0.15, 0.2) is 0 Å². The van der Waals surface area contributed by atoms with Crippen molar-refractivity contribution < 1.29 is 9.59 Å². The SMILES string of the molecule is CC(C)CC(N)C(=O)N1CCCCC1C(N)=O. The van der Waals surface area contributed by atoms with E-state index in [4.69, 9.17) is 11.5 Å². The fourth-order valence-corrected chi connectivity index (χ4v) is 2.31. The molecule has 0 aromatic rings. The first kappa shape index (κ1) is 14.0. The topological polar surface area (TPSA) is 89.4 Å². The molecule has 1 saturated heterocycles. The Balaban J connectivity index is 2.67. The minimum Gasteiger partial charge on any atom is -0.368 e. The standard InChI is InChI=1S/C12H23N3O2/c1-8(2)7-9(13)12(17)15-6-4-3-5-10(15)11(14)16/h8-10H,3-7,13H2,1-2H3,(H2,14,16). The zero-order chi connectivity index (χ0) is 13.0. The van der Waals surface area contributed by atoms with Crippen molar-refractivity contribution in [2.24, 2.45) is 17.4 Å². The van der Waals surface area contributed by atoms with E-state index in [1.807, 2.05) is 13.8 Å². The molecule has 0 saturated carbocycles. The van der Waals surface area contributed by atoms with Gasteiger partial charge in [0, 0.05) is 6.54 Å². The normalized spacial score (nSPS) is 22.6. The van der Waals surface area contributed by atoms with Crippen LogP contribution >= 0.6 is 0 Å². The van der Waals surface area contributed by atoms with Crippen molar-refractivity contribution in [3.63, 3.8) is 0 Å². The van der Waals surface area contributed by atoms with Gasteiger partial charge >= 0.3 is 0 Å². The highest BCUT2D eigenvalue weighted by Crippen LogP contribution is 2.18. The third-order valence-corrected chi connectivity index (χ3v) is 3.16. The maximum atomic E-state index is 12.1. The monoisotopic (exact) mass is 241 g/mol. The smallest absolute Gasteiger partial charge is 0.240 e. The first-order valence-corrected chi connectivity index (χ1v) is 6.29. The first-order chi connectivity index (χ1) is 7.93. The lowest BCUT2D eigenvalue weighted by Gasteiger charge is -2.35. The van der Waals surface area contributed by atoms with Crippen LogP contribution < -0.4 is 11.5 Å². The van der Waals surface area contributed by atoms with E-state index in [0.29, 0.717) is 25.3 Å². The summed E-state index contributed by atoms with van der Waals surface area (Å²) in [6, 6.07) is -0.982. The van der Waals surface area contributed by atoms with Gasteiger partial charge in [0.2, 0.25) is 11.8 Å². The number of amides is 2. The molecule has 98 valence electrons. The zero-order valence-electron chi connectivity index (χ0n) is 10.7. The Morgan fingerprint density at radius 1 is 1.35 bits per heavy atom. The van der Waals surface area contributed by atoms with E-state index in [-0.39, 0.29) is 5.91 Å². The van der Waals surface area contributed by atoms with Crippen molar-refractivity contribution in [1.82, 2.24) is 4.90 Å². The van der Waals surface area contributed by atoms with Crippen LogP contribution in [0.1, 0.15) is 39.5 Å². The van der Waals surface area contributed by atoms with E-state index in [2.05, 4.69) is 0 Å². The summed E-state index contributed by atoms with van der Waals surface area (Å²) in [5, 5.41) is 0. The Morgan fingerprint density at radius 3 is 2.53 bits per heavy atom. The summed E-state index contributed by atoms with van der Waals surface area (Å²) >= 11 is 0. The van der Waals surface area contributed by atoms with Crippen molar-refractivity contribution in [1.29, 1.82) is 0 Å². The molecule has 1 heterocycles. The number of rotatable bonds is 4. The van der Waals surface area contributed by atoms with Crippen molar-refractivity contribution in [3.8, 4) is 0 Å². The molecule has 0 aromatic carbocycles. The predicted molar refractivity (Wildman–Crippen MR) is 66.0 cm³/mol. The van der Waals surface area contributed by atoms with Gasteiger partial charge in [-0.25, -0.2) is 0 Å². The van der Waals surface area contributed by atoms with Crippen LogP contribution in [-0.2, 0) is 9.59 Å². The predicted octanol–water partition coefficient (Wildman–Crippen LogP) is 0.226. The van der Waals surface area contributed by atoms with Gasteiger partial charge in [-0.05, 0) is 31.6 Å². The van der Waals surface area contributed by atoms with E-state index in [0.717, 1.165) is 12.8 Å². The molecule has 1 aliphatic heterocycles. The number of nitrogens with zero attached hydrogens (tertiary/aromatic N) is 1. The largest absolute Gasteiger partial charge is 0.368 e. The second-order valence-electron chi connectivity index (χ2n) is 5.18. The molecule has 0 aliphatic carbocycles. The average Bonchev–Trinajstić information content (AvgIpc) is 2.27. The number of carbonyl (C=O) groups is 2. The summed E-state index contributed by atoms with van der Waals surface area (Å²) in [6.45, 7) is 4.64. The fraction of sp³-hybridized carbons (Fsp3) is 0.833. The number of carbonyl (C=O) groups excluding carboxylic acids is 2. The molecular formula is C12H23N3O2. The second kappa shape index (κ2) is 6.00. The molecule has 2 unspecified atom stereocenters. The summed E-state index contributed by atoms with van der Waals surface area (Å²) in [5.74, 6) is -0.192. The van der Waals surface area contributed by atoms with Gasteiger partial charge in [0.1, 0.15) is 6.04 Å². The maximum Gasteiger partial charge on any atom is 0.240 e. The van der Waals surface area contributed by atoms with Crippen LogP contribution in [0.3, 0.4) is 0 Å². The third kappa shape index (κ3) is 3.70. The fourth-order valence-electron chi connectivity index (χ4n) is 2.31. The highest BCUT2D eigenvalue weighted by atomic mass is 16.2. The maximum absolute atomic E-state index is 12.1. The lowest BCUT2D eigenvalue weighted by Crippen LogP contribution is -2.55. The minimum atomic E-state index is -0.519. The van der Waals surface area contributed by atoms with Gasteiger partial charge in [-0.15, -0.1) is 0 Å². The number of likely N-dealkylation sites (tertiary alicyclic amines) is 1. The van der Waals surface area contributed by atoms with Crippen LogP contribution in [0.25, 0.3) is 0 Å². The summed E-state index contributed by atoms with van der Waals surface area (Å²) in [5.41, 5.74) is 11.2. The number of hydrogen-bond acceptors (Lipinski definition) is 3. The average molecular weight is 241 g/mol. The Hall–Kier alpha value is -1.10. The quantitative estimate of drug-likeness (QED) is 0.738. The van der Waals surface area contributed by atoms with Crippen molar-refractivity contribution in [2.45, 2.75) is 51.6 Å². The Bertz CT molecular complexity index is 291. The van der Waals surface area contributed by atoms with Gasteiger partial charge in [0.05, 0.1) is 6.04 Å². The van der Waals surface area contributed by atoms with Gasteiger partial charge in [0.25, 0.3) is 0 Å². The van der Waals surface area contributed by atoms with E-state index in [1.165, 1.54) is 0 Å². The lowest BCUT2D eigenvalue weighted by molar-refractivity contribution is -0.142. The Labute approximate surface area is 103 Å². The number of nitrogens with two attached hydrogens (primary N) is 2.